The highest BCUT2D eigenvalue weighted by Crippen LogP contribution is 2.34. The molecule has 1 heterocycles. The molecule has 36 heavy (non-hydrogen) atoms. The molecule has 192 valence electrons. The maximum absolute atomic E-state index is 11.5. The first-order chi connectivity index (χ1) is 17.4. The SMILES string of the molecule is CCCc1c(COc2ccc(Cc3nnnn3CCCC(=O)OCC)cc2)ccc(OC(C)=O)c1O. The van der Waals surface area contributed by atoms with Crippen LogP contribution in [0.25, 0.3) is 0 Å². The van der Waals surface area contributed by atoms with Crippen LogP contribution in [0.2, 0.25) is 0 Å². The second kappa shape index (κ2) is 13.2. The fourth-order valence-electron chi connectivity index (χ4n) is 3.74. The van der Waals surface area contributed by atoms with Crippen LogP contribution in [-0.4, -0.2) is 43.9 Å². The van der Waals surface area contributed by atoms with Gasteiger partial charge in [-0.25, -0.2) is 4.68 Å². The maximum Gasteiger partial charge on any atom is 0.308 e. The fraction of sp³-hybridized carbons (Fsp3) is 0.423. The van der Waals surface area contributed by atoms with E-state index in [4.69, 9.17) is 14.2 Å². The smallest absolute Gasteiger partial charge is 0.308 e. The number of nitrogens with zero attached hydrogens (tertiary/aromatic N) is 4. The predicted octanol–water partition coefficient (Wildman–Crippen LogP) is 3.77. The second-order valence-electron chi connectivity index (χ2n) is 8.23. The number of aryl methyl sites for hydroxylation is 1. The van der Waals surface area contributed by atoms with Gasteiger partial charge in [-0.1, -0.05) is 31.5 Å². The molecule has 0 radical (unpaired) electrons. The van der Waals surface area contributed by atoms with E-state index in [0.29, 0.717) is 56.0 Å². The molecule has 0 amide bonds. The molecule has 0 atom stereocenters. The van der Waals surface area contributed by atoms with Gasteiger partial charge < -0.3 is 19.3 Å². The van der Waals surface area contributed by atoms with Crippen LogP contribution in [0.1, 0.15) is 62.5 Å². The molecule has 0 aliphatic rings. The first kappa shape index (κ1) is 26.7. The van der Waals surface area contributed by atoms with Crippen molar-refractivity contribution in [1.82, 2.24) is 20.2 Å². The number of esters is 2. The van der Waals surface area contributed by atoms with Crippen LogP contribution < -0.4 is 9.47 Å². The van der Waals surface area contributed by atoms with Gasteiger partial charge >= 0.3 is 11.9 Å². The number of rotatable bonds is 13. The van der Waals surface area contributed by atoms with Crippen LogP contribution in [0, 0.1) is 0 Å². The molecule has 0 unspecified atom stereocenters. The number of tetrazole rings is 1. The molecular formula is C26H32N4O6. The van der Waals surface area contributed by atoms with E-state index >= 15 is 0 Å². The summed E-state index contributed by atoms with van der Waals surface area (Å²) < 4.78 is 17.7. The summed E-state index contributed by atoms with van der Waals surface area (Å²) in [6.07, 6.45) is 2.91. The molecule has 0 saturated heterocycles. The van der Waals surface area contributed by atoms with E-state index in [1.165, 1.54) is 6.92 Å². The number of benzene rings is 2. The average Bonchev–Trinajstić information content (AvgIpc) is 3.28. The Morgan fingerprint density at radius 3 is 2.56 bits per heavy atom. The van der Waals surface area contributed by atoms with Crippen molar-refractivity contribution in [1.29, 1.82) is 0 Å². The standard InChI is InChI=1S/C26H32N4O6/c1-4-7-22-20(11-14-23(26(22)33)36-18(3)31)17-35-21-12-9-19(10-13-21)16-24-27-28-29-30(24)15-6-8-25(32)34-5-2/h9-14,33H,4-8,15-17H2,1-3H3. The Hall–Kier alpha value is -3.95. The number of phenolic OH excluding ortho intramolecular Hbond substituents is 1. The van der Waals surface area contributed by atoms with Crippen molar-refractivity contribution < 1.29 is 28.9 Å². The molecule has 0 aliphatic heterocycles. The average molecular weight is 497 g/mol. The highest BCUT2D eigenvalue weighted by molar-refractivity contribution is 5.71. The monoisotopic (exact) mass is 496 g/mol. The van der Waals surface area contributed by atoms with Crippen LogP contribution in [0.5, 0.6) is 17.2 Å². The number of aromatic nitrogens is 4. The lowest BCUT2D eigenvalue weighted by atomic mass is 10.0. The van der Waals surface area contributed by atoms with E-state index < -0.39 is 5.97 Å². The van der Waals surface area contributed by atoms with Crippen molar-refractivity contribution in [2.24, 2.45) is 0 Å². The van der Waals surface area contributed by atoms with E-state index in [-0.39, 0.29) is 24.1 Å². The molecular weight excluding hydrogens is 464 g/mol. The summed E-state index contributed by atoms with van der Waals surface area (Å²) in [6, 6.07) is 11.0. The third-order valence-corrected chi connectivity index (χ3v) is 5.44. The minimum atomic E-state index is -0.484. The minimum absolute atomic E-state index is 0.0246. The molecule has 0 spiro atoms. The van der Waals surface area contributed by atoms with E-state index in [0.717, 1.165) is 17.5 Å². The van der Waals surface area contributed by atoms with Gasteiger partial charge in [0.2, 0.25) is 0 Å². The van der Waals surface area contributed by atoms with E-state index in [9.17, 15) is 14.7 Å². The third-order valence-electron chi connectivity index (χ3n) is 5.44. The van der Waals surface area contributed by atoms with Gasteiger partial charge in [0.1, 0.15) is 12.4 Å². The first-order valence-electron chi connectivity index (χ1n) is 12.1. The van der Waals surface area contributed by atoms with Crippen LogP contribution in [-0.2, 0) is 40.3 Å². The predicted molar refractivity (Wildman–Crippen MR) is 131 cm³/mol. The second-order valence-corrected chi connectivity index (χ2v) is 8.23. The molecule has 10 nitrogen and oxygen atoms in total. The maximum atomic E-state index is 11.5. The zero-order chi connectivity index (χ0) is 25.9. The Kier molecular flexibility index (Phi) is 9.79. The summed E-state index contributed by atoms with van der Waals surface area (Å²) in [7, 11) is 0. The summed E-state index contributed by atoms with van der Waals surface area (Å²) in [5, 5.41) is 22.4. The highest BCUT2D eigenvalue weighted by Gasteiger charge is 2.15. The number of hydrogen-bond acceptors (Lipinski definition) is 9. The van der Waals surface area contributed by atoms with Crippen LogP contribution in [0.4, 0.5) is 0 Å². The van der Waals surface area contributed by atoms with Crippen molar-refractivity contribution in [3.8, 4) is 17.2 Å². The van der Waals surface area contributed by atoms with E-state index in [1.807, 2.05) is 31.2 Å². The molecule has 3 rings (SSSR count). The topological polar surface area (TPSA) is 126 Å². The van der Waals surface area contributed by atoms with E-state index in [1.54, 1.807) is 23.7 Å². The number of hydrogen-bond donors (Lipinski definition) is 1. The summed E-state index contributed by atoms with van der Waals surface area (Å²) in [6.45, 7) is 6.27. The molecule has 0 bridgehead atoms. The molecule has 0 fully saturated rings. The number of ether oxygens (including phenoxy) is 3. The summed E-state index contributed by atoms with van der Waals surface area (Å²) in [4.78, 5) is 22.8. The zero-order valence-corrected chi connectivity index (χ0v) is 20.9. The van der Waals surface area contributed by atoms with Gasteiger partial charge in [-0.2, -0.15) is 0 Å². The van der Waals surface area contributed by atoms with Crippen molar-refractivity contribution in [3.05, 3.63) is 58.9 Å². The lowest BCUT2D eigenvalue weighted by molar-refractivity contribution is -0.143. The largest absolute Gasteiger partial charge is 0.504 e. The highest BCUT2D eigenvalue weighted by atomic mass is 16.5. The molecule has 0 saturated carbocycles. The number of phenols is 1. The van der Waals surface area contributed by atoms with Crippen molar-refractivity contribution in [3.63, 3.8) is 0 Å². The zero-order valence-electron chi connectivity index (χ0n) is 20.9. The normalized spacial score (nSPS) is 10.8. The number of aromatic hydroxyl groups is 1. The number of carbonyl (C=O) groups excluding carboxylic acids is 2. The van der Waals surface area contributed by atoms with Gasteiger partial charge in [0.05, 0.1) is 6.61 Å². The first-order valence-corrected chi connectivity index (χ1v) is 12.1. The van der Waals surface area contributed by atoms with Crippen molar-refractivity contribution >= 4 is 11.9 Å². The van der Waals surface area contributed by atoms with Crippen LogP contribution in [0.3, 0.4) is 0 Å². The van der Waals surface area contributed by atoms with Gasteiger partial charge in [-0.3, -0.25) is 9.59 Å². The molecule has 10 heteroatoms. The molecule has 0 aliphatic carbocycles. The van der Waals surface area contributed by atoms with E-state index in [2.05, 4.69) is 15.5 Å². The summed E-state index contributed by atoms with van der Waals surface area (Å²) >= 11 is 0. The third kappa shape index (κ3) is 7.53. The van der Waals surface area contributed by atoms with Gasteiger partial charge in [-0.05, 0) is 59.5 Å². The van der Waals surface area contributed by atoms with Gasteiger partial charge in [0.25, 0.3) is 0 Å². The van der Waals surface area contributed by atoms with Crippen molar-refractivity contribution in [2.75, 3.05) is 6.61 Å². The lowest BCUT2D eigenvalue weighted by Crippen LogP contribution is -2.10. The lowest BCUT2D eigenvalue weighted by Gasteiger charge is -2.15. The Labute approximate surface area is 210 Å². The fourth-order valence-corrected chi connectivity index (χ4v) is 3.74. The van der Waals surface area contributed by atoms with Gasteiger partial charge in [0, 0.05) is 31.9 Å². The Bertz CT molecular complexity index is 1160. The quantitative estimate of drug-likeness (QED) is 0.278. The Morgan fingerprint density at radius 2 is 1.86 bits per heavy atom. The van der Waals surface area contributed by atoms with Gasteiger partial charge in [0.15, 0.2) is 17.3 Å². The van der Waals surface area contributed by atoms with Crippen LogP contribution in [0.15, 0.2) is 36.4 Å². The summed E-state index contributed by atoms with van der Waals surface area (Å²) in [5.74, 6) is 0.812. The number of carbonyl (C=O) groups is 2. The molecule has 3 aromatic rings. The van der Waals surface area contributed by atoms with Crippen molar-refractivity contribution in [2.45, 2.75) is 66.0 Å². The molecule has 1 N–H and O–H groups in total. The molecule has 2 aromatic carbocycles. The Balaban J connectivity index is 1.59. The van der Waals surface area contributed by atoms with Crippen LogP contribution >= 0.6 is 0 Å². The molecule has 1 aromatic heterocycles. The van der Waals surface area contributed by atoms with Gasteiger partial charge in [-0.15, -0.1) is 5.10 Å². The Morgan fingerprint density at radius 1 is 1.08 bits per heavy atom. The minimum Gasteiger partial charge on any atom is -0.504 e. The summed E-state index contributed by atoms with van der Waals surface area (Å²) in [5.41, 5.74) is 2.55.